The molecule has 0 unspecified atom stereocenters. The largest absolute Gasteiger partial charge is 0.383 e. The summed E-state index contributed by atoms with van der Waals surface area (Å²) < 4.78 is 7.06. The molecule has 6 nitrogen and oxygen atoms in total. The minimum absolute atomic E-state index is 0.480. The molecule has 0 atom stereocenters. The van der Waals surface area contributed by atoms with Gasteiger partial charge in [0.2, 0.25) is 4.77 Å². The van der Waals surface area contributed by atoms with Crippen LogP contribution in [-0.4, -0.2) is 47.0 Å². The van der Waals surface area contributed by atoms with Crippen LogP contribution in [-0.2, 0) is 11.3 Å². The molecule has 2 N–H and O–H groups in total. The Morgan fingerprint density at radius 3 is 3.08 bits per heavy atom. The van der Waals surface area contributed by atoms with Crippen molar-refractivity contribution in [2.24, 2.45) is 0 Å². The van der Waals surface area contributed by atoms with E-state index in [1.54, 1.807) is 11.8 Å². The van der Waals surface area contributed by atoms with Crippen molar-refractivity contribution in [2.45, 2.75) is 6.54 Å². The van der Waals surface area contributed by atoms with Gasteiger partial charge in [0.15, 0.2) is 0 Å². The first kappa shape index (κ1) is 10.3. The van der Waals surface area contributed by atoms with Crippen molar-refractivity contribution >= 4 is 12.2 Å². The van der Waals surface area contributed by atoms with Crippen LogP contribution in [0, 0.1) is 4.77 Å². The Morgan fingerprint density at radius 2 is 2.46 bits per heavy atom. The van der Waals surface area contributed by atoms with Crippen molar-refractivity contribution in [3.05, 3.63) is 4.77 Å². The van der Waals surface area contributed by atoms with Crippen LogP contribution >= 0.6 is 12.2 Å². The van der Waals surface area contributed by atoms with Crippen LogP contribution in [0.25, 0.3) is 0 Å². The Bertz CT molecular complexity index is 283. The number of aromatic amines is 1. The van der Waals surface area contributed by atoms with Gasteiger partial charge in [0.25, 0.3) is 0 Å². The van der Waals surface area contributed by atoms with Crippen LogP contribution in [0.4, 0.5) is 0 Å². The molecular formula is C6H13N5OS. The summed E-state index contributed by atoms with van der Waals surface area (Å²) in [5.74, 6) is 0. The number of tetrazole rings is 1. The van der Waals surface area contributed by atoms with Gasteiger partial charge in [-0.2, -0.15) is 5.21 Å². The smallest absolute Gasteiger partial charge is 0.238 e. The molecule has 0 amide bonds. The zero-order valence-electron chi connectivity index (χ0n) is 7.49. The molecule has 13 heavy (non-hydrogen) atoms. The lowest BCUT2D eigenvalue weighted by Gasteiger charge is -2.03. The second-order valence-electron chi connectivity index (χ2n) is 2.48. The molecule has 0 aromatic carbocycles. The first-order chi connectivity index (χ1) is 6.34. The van der Waals surface area contributed by atoms with Crippen molar-refractivity contribution in [3.63, 3.8) is 0 Å². The average molecular weight is 203 g/mol. The zero-order valence-corrected chi connectivity index (χ0v) is 8.30. The number of ether oxygens (including phenoxy) is 1. The Kier molecular flexibility index (Phi) is 4.58. The third kappa shape index (κ3) is 3.62. The van der Waals surface area contributed by atoms with Crippen LogP contribution in [0.2, 0.25) is 0 Å². The quantitative estimate of drug-likeness (QED) is 0.485. The molecule has 0 bridgehead atoms. The number of hydrogen-bond acceptors (Lipinski definition) is 5. The number of nitrogens with zero attached hydrogens (tertiary/aromatic N) is 3. The Hall–Kier alpha value is -0.790. The molecule has 0 aliphatic heterocycles. The maximum atomic E-state index is 4.89. The molecule has 0 aliphatic carbocycles. The van der Waals surface area contributed by atoms with Gasteiger partial charge in [0.05, 0.1) is 13.2 Å². The van der Waals surface area contributed by atoms with E-state index in [0.717, 1.165) is 19.6 Å². The summed E-state index contributed by atoms with van der Waals surface area (Å²) in [5, 5.41) is 13.1. The van der Waals surface area contributed by atoms with Crippen molar-refractivity contribution in [1.82, 2.24) is 25.5 Å². The lowest BCUT2D eigenvalue weighted by molar-refractivity contribution is 0.199. The number of nitrogens with one attached hydrogen (secondary N) is 2. The maximum absolute atomic E-state index is 4.89. The summed E-state index contributed by atoms with van der Waals surface area (Å²) in [7, 11) is 1.68. The van der Waals surface area contributed by atoms with Crippen LogP contribution in [0.15, 0.2) is 0 Å². The minimum Gasteiger partial charge on any atom is -0.383 e. The molecule has 0 aliphatic rings. The van der Waals surface area contributed by atoms with Gasteiger partial charge in [-0.25, -0.2) is 4.68 Å². The van der Waals surface area contributed by atoms with Gasteiger partial charge in [0.1, 0.15) is 0 Å². The van der Waals surface area contributed by atoms with E-state index in [1.165, 1.54) is 0 Å². The zero-order chi connectivity index (χ0) is 9.52. The van der Waals surface area contributed by atoms with Crippen LogP contribution in [0.5, 0.6) is 0 Å². The molecule has 0 saturated carbocycles. The number of aromatic nitrogens is 4. The van der Waals surface area contributed by atoms with Crippen LogP contribution in [0.1, 0.15) is 0 Å². The lowest BCUT2D eigenvalue weighted by atomic mass is 10.6. The molecule has 1 heterocycles. The van der Waals surface area contributed by atoms with E-state index in [1.807, 2.05) is 0 Å². The summed E-state index contributed by atoms with van der Waals surface area (Å²) in [6.45, 7) is 3.12. The normalized spacial score (nSPS) is 10.5. The molecule has 1 aromatic rings. The van der Waals surface area contributed by atoms with E-state index in [2.05, 4.69) is 20.8 Å². The summed E-state index contributed by atoms with van der Waals surface area (Å²) in [4.78, 5) is 0. The monoisotopic (exact) mass is 203 g/mol. The van der Waals surface area contributed by atoms with E-state index < -0.39 is 0 Å². The molecule has 0 fully saturated rings. The summed E-state index contributed by atoms with van der Waals surface area (Å²) >= 11 is 4.89. The molecule has 74 valence electrons. The number of hydrogen-bond donors (Lipinski definition) is 2. The van der Waals surface area contributed by atoms with Crippen LogP contribution in [0.3, 0.4) is 0 Å². The van der Waals surface area contributed by atoms with E-state index in [-0.39, 0.29) is 0 Å². The molecular weight excluding hydrogens is 190 g/mol. The van der Waals surface area contributed by atoms with E-state index in [4.69, 9.17) is 17.0 Å². The molecule has 1 aromatic heterocycles. The SMILES string of the molecule is COCCNCCn1[nH]nnc1=S. The summed E-state index contributed by atoms with van der Waals surface area (Å²) in [5.41, 5.74) is 0. The van der Waals surface area contributed by atoms with Gasteiger partial charge in [0, 0.05) is 20.2 Å². The van der Waals surface area contributed by atoms with Crippen LogP contribution < -0.4 is 5.32 Å². The van der Waals surface area contributed by atoms with Crippen molar-refractivity contribution in [1.29, 1.82) is 0 Å². The molecule has 0 spiro atoms. The third-order valence-corrected chi connectivity index (χ3v) is 1.83. The topological polar surface area (TPSA) is 67.8 Å². The van der Waals surface area contributed by atoms with Gasteiger partial charge >= 0.3 is 0 Å². The summed E-state index contributed by atoms with van der Waals surface area (Å²) in [6, 6.07) is 0. The van der Waals surface area contributed by atoms with Gasteiger partial charge in [-0.3, -0.25) is 0 Å². The van der Waals surface area contributed by atoms with Gasteiger partial charge in [-0.1, -0.05) is 10.3 Å². The maximum Gasteiger partial charge on any atom is 0.238 e. The molecule has 0 saturated heterocycles. The fourth-order valence-electron chi connectivity index (χ4n) is 0.852. The minimum atomic E-state index is 0.480. The molecule has 7 heteroatoms. The second-order valence-corrected chi connectivity index (χ2v) is 2.84. The van der Waals surface area contributed by atoms with Gasteiger partial charge < -0.3 is 10.1 Å². The van der Waals surface area contributed by atoms with Gasteiger partial charge in [-0.15, -0.1) is 0 Å². The second kappa shape index (κ2) is 5.79. The molecule has 0 radical (unpaired) electrons. The van der Waals surface area contributed by atoms with Crippen molar-refractivity contribution in [2.75, 3.05) is 26.8 Å². The third-order valence-electron chi connectivity index (χ3n) is 1.53. The van der Waals surface area contributed by atoms with Crippen molar-refractivity contribution in [3.8, 4) is 0 Å². The predicted molar refractivity (Wildman–Crippen MR) is 50.0 cm³/mol. The number of methoxy groups -OCH3 is 1. The lowest BCUT2D eigenvalue weighted by Crippen LogP contribution is -2.24. The number of rotatable bonds is 6. The van der Waals surface area contributed by atoms with E-state index in [9.17, 15) is 0 Å². The first-order valence-corrected chi connectivity index (χ1v) is 4.43. The highest BCUT2D eigenvalue weighted by Crippen LogP contribution is 1.80. The highest BCUT2D eigenvalue weighted by molar-refractivity contribution is 7.71. The summed E-state index contributed by atoms with van der Waals surface area (Å²) in [6.07, 6.45) is 0. The Balaban J connectivity index is 2.13. The predicted octanol–water partition coefficient (Wildman–Crippen LogP) is -0.428. The van der Waals surface area contributed by atoms with Gasteiger partial charge in [-0.05, 0) is 12.2 Å². The Morgan fingerprint density at radius 1 is 1.62 bits per heavy atom. The highest BCUT2D eigenvalue weighted by Gasteiger charge is 1.93. The highest BCUT2D eigenvalue weighted by atomic mass is 32.1. The standard InChI is InChI=1S/C6H13N5OS/c1-12-5-3-7-2-4-11-6(13)8-9-10-11/h7H,2-5H2,1H3,(H,8,10,13). The Labute approximate surface area is 81.3 Å². The fraction of sp³-hybridized carbons (Fsp3) is 0.833. The van der Waals surface area contributed by atoms with Crippen molar-refractivity contribution < 1.29 is 4.74 Å². The molecule has 1 rings (SSSR count). The average Bonchev–Trinajstić information content (AvgIpc) is 2.52. The van der Waals surface area contributed by atoms with E-state index >= 15 is 0 Å². The number of H-pyrrole nitrogens is 1. The fourth-order valence-corrected chi connectivity index (χ4v) is 1.02. The first-order valence-electron chi connectivity index (χ1n) is 4.02. The van der Waals surface area contributed by atoms with E-state index in [0.29, 0.717) is 11.4 Å².